The van der Waals surface area contributed by atoms with Gasteiger partial charge in [0.2, 0.25) is 5.91 Å². The molecule has 5 nitrogen and oxygen atoms in total. The Morgan fingerprint density at radius 1 is 1.45 bits per heavy atom. The molecule has 0 saturated heterocycles. The highest BCUT2D eigenvalue weighted by atomic mass is 35.5. The molecule has 0 spiro atoms. The number of nitrogens with one attached hydrogen (secondary N) is 1. The number of aromatic nitrogens is 3. The van der Waals surface area contributed by atoms with Crippen LogP contribution < -0.4 is 0 Å². The van der Waals surface area contributed by atoms with E-state index in [4.69, 9.17) is 11.6 Å². The molecule has 2 heterocycles. The van der Waals surface area contributed by atoms with Gasteiger partial charge in [0, 0.05) is 26.2 Å². The Hall–Kier alpha value is -1.62. The van der Waals surface area contributed by atoms with Crippen LogP contribution in [0.4, 0.5) is 0 Å². The first-order chi connectivity index (χ1) is 10.6. The van der Waals surface area contributed by atoms with Crippen molar-refractivity contribution in [2.45, 2.75) is 38.5 Å². The van der Waals surface area contributed by atoms with E-state index in [0.717, 1.165) is 43.1 Å². The van der Waals surface area contributed by atoms with Crippen LogP contribution in [0.3, 0.4) is 0 Å². The van der Waals surface area contributed by atoms with E-state index in [1.165, 1.54) is 17.6 Å². The molecule has 1 atom stereocenters. The zero-order valence-corrected chi connectivity index (χ0v) is 13.8. The lowest BCUT2D eigenvalue weighted by molar-refractivity contribution is -0.128. The maximum absolute atomic E-state index is 11.6. The van der Waals surface area contributed by atoms with Gasteiger partial charge in [-0.1, -0.05) is 11.6 Å². The molecular formula is C16H21ClN4O. The molecule has 0 radical (unpaired) electrons. The predicted molar refractivity (Wildman–Crippen MR) is 87.0 cm³/mol. The molecule has 0 fully saturated rings. The summed E-state index contributed by atoms with van der Waals surface area (Å²) < 4.78 is 0. The Kier molecular flexibility index (Phi) is 4.34. The Labute approximate surface area is 135 Å². The maximum atomic E-state index is 11.6. The lowest BCUT2D eigenvalue weighted by Gasteiger charge is -2.22. The standard InChI is InChI=1S/C16H21ClN4O/c1-21(2)13(22)5-3-4-10-6-7-12-11(8-10)14-15(17)18-9-19-16(14)20-12/h9-10H,3-8H2,1-2H3,(H,18,19,20). The van der Waals surface area contributed by atoms with Gasteiger partial charge in [0.25, 0.3) is 0 Å². The van der Waals surface area contributed by atoms with E-state index in [1.807, 2.05) is 14.1 Å². The number of carbonyl (C=O) groups excluding carboxylic acids is 1. The minimum Gasteiger partial charge on any atom is -0.349 e. The summed E-state index contributed by atoms with van der Waals surface area (Å²) in [4.78, 5) is 25.1. The maximum Gasteiger partial charge on any atom is 0.222 e. The number of nitrogens with zero attached hydrogens (tertiary/aromatic N) is 3. The molecule has 2 aromatic rings. The van der Waals surface area contributed by atoms with Crippen LogP contribution >= 0.6 is 11.6 Å². The van der Waals surface area contributed by atoms with Gasteiger partial charge in [-0.15, -0.1) is 0 Å². The summed E-state index contributed by atoms with van der Waals surface area (Å²) >= 11 is 6.24. The van der Waals surface area contributed by atoms with Crippen molar-refractivity contribution < 1.29 is 4.79 Å². The van der Waals surface area contributed by atoms with Crippen molar-refractivity contribution in [3.05, 3.63) is 22.7 Å². The molecule has 1 N–H and O–H groups in total. The number of carbonyl (C=O) groups is 1. The van der Waals surface area contributed by atoms with Crippen LogP contribution in [0.25, 0.3) is 11.0 Å². The number of halogens is 1. The summed E-state index contributed by atoms with van der Waals surface area (Å²) in [6.45, 7) is 0. The molecule has 6 heteroatoms. The van der Waals surface area contributed by atoms with E-state index in [1.54, 1.807) is 4.90 Å². The van der Waals surface area contributed by atoms with Gasteiger partial charge >= 0.3 is 0 Å². The molecule has 22 heavy (non-hydrogen) atoms. The van der Waals surface area contributed by atoms with Crippen molar-refractivity contribution >= 4 is 28.5 Å². The van der Waals surface area contributed by atoms with E-state index in [9.17, 15) is 4.79 Å². The third-order valence-corrected chi connectivity index (χ3v) is 4.82. The van der Waals surface area contributed by atoms with Crippen LogP contribution in [-0.2, 0) is 17.6 Å². The largest absolute Gasteiger partial charge is 0.349 e. The fourth-order valence-electron chi connectivity index (χ4n) is 3.29. The van der Waals surface area contributed by atoms with Crippen molar-refractivity contribution in [1.82, 2.24) is 19.9 Å². The van der Waals surface area contributed by atoms with E-state index < -0.39 is 0 Å². The Bertz CT molecular complexity index is 695. The summed E-state index contributed by atoms with van der Waals surface area (Å²) in [7, 11) is 3.62. The smallest absolute Gasteiger partial charge is 0.222 e. The zero-order chi connectivity index (χ0) is 15.7. The van der Waals surface area contributed by atoms with Crippen LogP contribution in [0.5, 0.6) is 0 Å². The Morgan fingerprint density at radius 3 is 3.05 bits per heavy atom. The van der Waals surface area contributed by atoms with Gasteiger partial charge < -0.3 is 9.88 Å². The van der Waals surface area contributed by atoms with Crippen LogP contribution in [0.2, 0.25) is 5.15 Å². The summed E-state index contributed by atoms with van der Waals surface area (Å²) in [6, 6.07) is 0. The number of H-pyrrole nitrogens is 1. The molecule has 0 aromatic carbocycles. The normalized spacial score (nSPS) is 17.5. The zero-order valence-electron chi connectivity index (χ0n) is 13.0. The molecule has 1 aliphatic carbocycles. The second kappa shape index (κ2) is 6.24. The van der Waals surface area contributed by atoms with Crippen molar-refractivity contribution in [2.24, 2.45) is 5.92 Å². The van der Waals surface area contributed by atoms with E-state index in [-0.39, 0.29) is 5.91 Å². The highest BCUT2D eigenvalue weighted by Gasteiger charge is 2.24. The molecule has 1 amide bonds. The number of rotatable bonds is 4. The molecule has 0 bridgehead atoms. The Balaban J connectivity index is 1.68. The molecular weight excluding hydrogens is 300 g/mol. The Morgan fingerprint density at radius 2 is 2.27 bits per heavy atom. The molecule has 118 valence electrons. The van der Waals surface area contributed by atoms with Crippen LogP contribution in [-0.4, -0.2) is 39.9 Å². The lowest BCUT2D eigenvalue weighted by Crippen LogP contribution is -2.21. The number of amides is 1. The van der Waals surface area contributed by atoms with Gasteiger partial charge in [0.05, 0.1) is 5.39 Å². The van der Waals surface area contributed by atoms with Gasteiger partial charge in [0.1, 0.15) is 17.1 Å². The van der Waals surface area contributed by atoms with Crippen LogP contribution in [0.15, 0.2) is 6.33 Å². The number of fused-ring (bicyclic) bond motifs is 3. The first-order valence-electron chi connectivity index (χ1n) is 7.76. The third kappa shape index (κ3) is 2.95. The topological polar surface area (TPSA) is 61.9 Å². The van der Waals surface area contributed by atoms with Gasteiger partial charge in [-0.25, -0.2) is 9.97 Å². The fourth-order valence-corrected chi connectivity index (χ4v) is 3.53. The molecule has 0 aliphatic heterocycles. The quantitative estimate of drug-likeness (QED) is 0.881. The number of hydrogen-bond acceptors (Lipinski definition) is 3. The van der Waals surface area contributed by atoms with Crippen LogP contribution in [0, 0.1) is 5.92 Å². The highest BCUT2D eigenvalue weighted by Crippen LogP contribution is 2.35. The second-order valence-electron chi connectivity index (χ2n) is 6.26. The van der Waals surface area contributed by atoms with Crippen molar-refractivity contribution in [2.75, 3.05) is 14.1 Å². The third-order valence-electron chi connectivity index (χ3n) is 4.53. The lowest BCUT2D eigenvalue weighted by atomic mass is 9.83. The average molecular weight is 321 g/mol. The summed E-state index contributed by atoms with van der Waals surface area (Å²) in [5.41, 5.74) is 3.36. The van der Waals surface area contributed by atoms with Gasteiger partial charge in [0.15, 0.2) is 0 Å². The minimum absolute atomic E-state index is 0.208. The molecule has 2 aromatic heterocycles. The molecule has 3 rings (SSSR count). The summed E-state index contributed by atoms with van der Waals surface area (Å²) in [5.74, 6) is 0.817. The van der Waals surface area contributed by atoms with Crippen molar-refractivity contribution in [3.63, 3.8) is 0 Å². The predicted octanol–water partition coefficient (Wildman–Crippen LogP) is 2.97. The monoisotopic (exact) mass is 320 g/mol. The number of aryl methyl sites for hydroxylation is 1. The van der Waals surface area contributed by atoms with Crippen LogP contribution in [0.1, 0.15) is 36.9 Å². The first kappa shape index (κ1) is 15.3. The van der Waals surface area contributed by atoms with Gasteiger partial charge in [-0.05, 0) is 43.6 Å². The van der Waals surface area contributed by atoms with Gasteiger partial charge in [-0.3, -0.25) is 4.79 Å². The highest BCUT2D eigenvalue weighted by molar-refractivity contribution is 6.34. The number of hydrogen-bond donors (Lipinski definition) is 1. The minimum atomic E-state index is 0.208. The summed E-state index contributed by atoms with van der Waals surface area (Å²) in [5, 5.41) is 1.51. The SMILES string of the molecule is CN(C)C(=O)CCCC1CCc2[nH]c3ncnc(Cl)c3c2C1. The molecule has 1 aliphatic rings. The van der Waals surface area contributed by atoms with Gasteiger partial charge in [-0.2, -0.15) is 0 Å². The second-order valence-corrected chi connectivity index (χ2v) is 6.62. The molecule has 0 saturated carbocycles. The first-order valence-corrected chi connectivity index (χ1v) is 8.14. The van der Waals surface area contributed by atoms with E-state index in [2.05, 4.69) is 15.0 Å². The number of aromatic amines is 1. The van der Waals surface area contributed by atoms with Crippen molar-refractivity contribution in [1.29, 1.82) is 0 Å². The summed E-state index contributed by atoms with van der Waals surface area (Å²) in [6.07, 6.45) is 7.33. The average Bonchev–Trinajstić information content (AvgIpc) is 2.86. The van der Waals surface area contributed by atoms with E-state index in [0.29, 0.717) is 17.5 Å². The fraction of sp³-hybridized carbons (Fsp3) is 0.562. The molecule has 1 unspecified atom stereocenters. The van der Waals surface area contributed by atoms with Crippen molar-refractivity contribution in [3.8, 4) is 0 Å². The van der Waals surface area contributed by atoms with E-state index >= 15 is 0 Å².